The summed E-state index contributed by atoms with van der Waals surface area (Å²) in [6.07, 6.45) is 0. The van der Waals surface area contributed by atoms with E-state index in [1.165, 1.54) is 11.8 Å². The summed E-state index contributed by atoms with van der Waals surface area (Å²) in [5.74, 6) is 2.03. The van der Waals surface area contributed by atoms with Gasteiger partial charge in [0.2, 0.25) is 17.6 Å². The standard InChI is InChI=1S/C24H24N6O2S/c1-14-10-11-15(2)18(12-14)29-20(31)16-8-6-7-9-17(16)30-22(29)27-28-23(30)33-13-19-25-26-21(32-19)24(3,4)5/h6-12H,13H2,1-5H3. The normalized spacial score (nSPS) is 12.2. The predicted molar refractivity (Wildman–Crippen MR) is 128 cm³/mol. The van der Waals surface area contributed by atoms with Gasteiger partial charge < -0.3 is 4.42 Å². The van der Waals surface area contributed by atoms with Crippen LogP contribution in [-0.2, 0) is 11.2 Å². The predicted octanol–water partition coefficient (Wildman–Crippen LogP) is 4.62. The summed E-state index contributed by atoms with van der Waals surface area (Å²) in [5, 5.41) is 18.4. The third-order valence-corrected chi connectivity index (χ3v) is 6.35. The molecule has 0 atom stereocenters. The van der Waals surface area contributed by atoms with Crippen LogP contribution >= 0.6 is 11.8 Å². The summed E-state index contributed by atoms with van der Waals surface area (Å²) in [6.45, 7) is 10.1. The fourth-order valence-electron chi connectivity index (χ4n) is 3.69. The Kier molecular flexibility index (Phi) is 5.08. The van der Waals surface area contributed by atoms with Crippen LogP contribution < -0.4 is 5.56 Å². The smallest absolute Gasteiger partial charge is 0.267 e. The largest absolute Gasteiger partial charge is 0.424 e. The van der Waals surface area contributed by atoms with Crippen LogP contribution in [0, 0.1) is 13.8 Å². The number of fused-ring (bicyclic) bond motifs is 3. The second-order valence-corrected chi connectivity index (χ2v) is 10.0. The van der Waals surface area contributed by atoms with Crippen LogP contribution in [0.1, 0.15) is 43.7 Å². The molecule has 0 spiro atoms. The molecule has 3 heterocycles. The molecule has 9 heteroatoms. The van der Waals surface area contributed by atoms with Crippen molar-refractivity contribution in [2.45, 2.75) is 50.9 Å². The highest BCUT2D eigenvalue weighted by Gasteiger charge is 2.23. The summed E-state index contributed by atoms with van der Waals surface area (Å²) in [7, 11) is 0. The van der Waals surface area contributed by atoms with E-state index in [-0.39, 0.29) is 11.0 Å². The van der Waals surface area contributed by atoms with Gasteiger partial charge >= 0.3 is 0 Å². The third-order valence-electron chi connectivity index (χ3n) is 5.43. The lowest BCUT2D eigenvalue weighted by Gasteiger charge is -2.13. The molecule has 0 aliphatic carbocycles. The fraction of sp³-hybridized carbons (Fsp3) is 0.292. The average molecular weight is 461 g/mol. The number of nitrogens with zero attached hydrogens (tertiary/aromatic N) is 6. The van der Waals surface area contributed by atoms with E-state index in [1.54, 1.807) is 4.57 Å². The van der Waals surface area contributed by atoms with Crippen LogP contribution in [0.2, 0.25) is 0 Å². The maximum Gasteiger partial charge on any atom is 0.267 e. The van der Waals surface area contributed by atoms with Crippen LogP contribution in [0.4, 0.5) is 0 Å². The zero-order valence-electron chi connectivity index (χ0n) is 19.2. The molecule has 2 aromatic carbocycles. The summed E-state index contributed by atoms with van der Waals surface area (Å²) in [6, 6.07) is 13.6. The quantitative estimate of drug-likeness (QED) is 0.361. The van der Waals surface area contributed by atoms with Crippen LogP contribution in [0.5, 0.6) is 0 Å². The van der Waals surface area contributed by atoms with E-state index in [0.717, 1.165) is 22.3 Å². The van der Waals surface area contributed by atoms with Crippen molar-refractivity contribution in [1.82, 2.24) is 29.4 Å². The summed E-state index contributed by atoms with van der Waals surface area (Å²) in [4.78, 5) is 13.5. The second kappa shape index (κ2) is 7.84. The van der Waals surface area contributed by atoms with E-state index in [0.29, 0.717) is 33.9 Å². The minimum Gasteiger partial charge on any atom is -0.424 e. The minimum absolute atomic E-state index is 0.123. The molecule has 5 aromatic rings. The Balaban J connectivity index is 1.67. The Labute approximate surface area is 194 Å². The van der Waals surface area contributed by atoms with E-state index < -0.39 is 0 Å². The topological polar surface area (TPSA) is 91.1 Å². The lowest BCUT2D eigenvalue weighted by atomic mass is 9.97. The molecule has 0 N–H and O–H groups in total. The number of para-hydroxylation sites is 1. The van der Waals surface area contributed by atoms with Gasteiger partial charge in [-0.25, -0.2) is 4.57 Å². The van der Waals surface area contributed by atoms with Crippen molar-refractivity contribution >= 4 is 28.4 Å². The van der Waals surface area contributed by atoms with Crippen molar-refractivity contribution in [3.05, 3.63) is 75.7 Å². The molecular weight excluding hydrogens is 436 g/mol. The number of hydrogen-bond acceptors (Lipinski definition) is 7. The van der Waals surface area contributed by atoms with Crippen LogP contribution in [0.25, 0.3) is 22.4 Å². The summed E-state index contributed by atoms with van der Waals surface area (Å²) >= 11 is 1.44. The number of benzene rings is 2. The first-order valence-electron chi connectivity index (χ1n) is 10.7. The van der Waals surface area contributed by atoms with Gasteiger partial charge in [-0.1, -0.05) is 56.8 Å². The second-order valence-electron chi connectivity index (χ2n) is 9.11. The molecule has 0 fully saturated rings. The third kappa shape index (κ3) is 3.72. The van der Waals surface area contributed by atoms with Gasteiger partial charge in [-0.15, -0.1) is 20.4 Å². The Morgan fingerprint density at radius 3 is 2.55 bits per heavy atom. The Bertz CT molecular complexity index is 1560. The van der Waals surface area contributed by atoms with Crippen molar-refractivity contribution in [2.24, 2.45) is 0 Å². The molecule has 0 saturated carbocycles. The summed E-state index contributed by atoms with van der Waals surface area (Å²) in [5.41, 5.74) is 3.27. The van der Waals surface area contributed by atoms with Gasteiger partial charge in [-0.3, -0.25) is 9.20 Å². The highest BCUT2D eigenvalue weighted by atomic mass is 32.2. The van der Waals surface area contributed by atoms with Crippen molar-refractivity contribution in [2.75, 3.05) is 0 Å². The molecule has 0 amide bonds. The van der Waals surface area contributed by atoms with Crippen molar-refractivity contribution in [3.8, 4) is 5.69 Å². The maximum atomic E-state index is 13.5. The van der Waals surface area contributed by atoms with E-state index in [1.807, 2.05) is 81.5 Å². The van der Waals surface area contributed by atoms with Gasteiger partial charge in [0, 0.05) is 5.41 Å². The molecule has 0 radical (unpaired) electrons. The number of hydrogen-bond donors (Lipinski definition) is 0. The van der Waals surface area contributed by atoms with Gasteiger partial charge in [0.05, 0.1) is 22.3 Å². The first-order chi connectivity index (χ1) is 15.7. The van der Waals surface area contributed by atoms with Crippen LogP contribution in [-0.4, -0.2) is 29.4 Å². The number of aromatic nitrogens is 6. The molecule has 0 bridgehead atoms. The summed E-state index contributed by atoms with van der Waals surface area (Å²) < 4.78 is 9.40. The molecule has 3 aromatic heterocycles. The van der Waals surface area contributed by atoms with E-state index in [9.17, 15) is 4.79 Å². The average Bonchev–Trinajstić information content (AvgIpc) is 3.42. The van der Waals surface area contributed by atoms with Crippen LogP contribution in [0.15, 0.2) is 56.8 Å². The van der Waals surface area contributed by atoms with Crippen molar-refractivity contribution < 1.29 is 4.42 Å². The highest BCUT2D eigenvalue weighted by molar-refractivity contribution is 7.98. The first-order valence-corrected chi connectivity index (χ1v) is 11.6. The van der Waals surface area contributed by atoms with Gasteiger partial charge in [0.15, 0.2) is 5.16 Å². The number of aryl methyl sites for hydroxylation is 2. The number of thioether (sulfide) groups is 1. The van der Waals surface area contributed by atoms with Crippen molar-refractivity contribution in [3.63, 3.8) is 0 Å². The molecule has 168 valence electrons. The molecule has 5 rings (SSSR count). The lowest BCUT2D eigenvalue weighted by molar-refractivity contribution is 0.378. The van der Waals surface area contributed by atoms with Crippen LogP contribution in [0.3, 0.4) is 0 Å². The van der Waals surface area contributed by atoms with Gasteiger partial charge in [-0.2, -0.15) is 0 Å². The van der Waals surface area contributed by atoms with E-state index in [4.69, 9.17) is 4.42 Å². The maximum absolute atomic E-state index is 13.5. The molecule has 8 nitrogen and oxygen atoms in total. The number of rotatable bonds is 4. The molecule has 0 unspecified atom stereocenters. The Morgan fingerprint density at radius 1 is 1.00 bits per heavy atom. The molecule has 0 aliphatic heterocycles. The Morgan fingerprint density at radius 2 is 1.79 bits per heavy atom. The zero-order chi connectivity index (χ0) is 23.3. The van der Waals surface area contributed by atoms with Crippen molar-refractivity contribution in [1.29, 1.82) is 0 Å². The minimum atomic E-state index is -0.213. The van der Waals surface area contributed by atoms with Gasteiger partial charge in [0.1, 0.15) is 0 Å². The zero-order valence-corrected chi connectivity index (χ0v) is 20.0. The Hall–Kier alpha value is -3.46. The van der Waals surface area contributed by atoms with Gasteiger partial charge in [0.25, 0.3) is 5.56 Å². The monoisotopic (exact) mass is 460 g/mol. The first kappa shape index (κ1) is 21.4. The molecule has 0 aliphatic rings. The molecule has 0 saturated heterocycles. The SMILES string of the molecule is Cc1ccc(C)c(-n2c(=O)c3ccccc3n3c(SCc4nnc(C(C)(C)C)o4)nnc23)c1. The van der Waals surface area contributed by atoms with E-state index in [2.05, 4.69) is 20.4 Å². The lowest BCUT2D eigenvalue weighted by Crippen LogP contribution is -2.22. The molecule has 33 heavy (non-hydrogen) atoms. The molecular formula is C24H24N6O2S. The van der Waals surface area contributed by atoms with Gasteiger partial charge in [-0.05, 0) is 43.2 Å². The van der Waals surface area contributed by atoms with E-state index >= 15 is 0 Å². The highest BCUT2D eigenvalue weighted by Crippen LogP contribution is 2.27. The fourth-order valence-corrected chi connectivity index (χ4v) is 4.47.